The number of anilines is 3. The van der Waals surface area contributed by atoms with Crippen LogP contribution in [0.2, 0.25) is 5.02 Å². The van der Waals surface area contributed by atoms with Crippen LogP contribution in [0.5, 0.6) is 0 Å². The number of rotatable bonds is 8. The van der Waals surface area contributed by atoms with Gasteiger partial charge in [-0.05, 0) is 29.3 Å². The van der Waals surface area contributed by atoms with Crippen molar-refractivity contribution in [3.05, 3.63) is 117 Å². The lowest BCUT2D eigenvalue weighted by atomic mass is 10.1. The molecule has 0 aliphatic heterocycles. The number of nitrogens with one attached hydrogen (secondary N) is 1. The first-order valence-electron chi connectivity index (χ1n) is 10.7. The predicted molar refractivity (Wildman–Crippen MR) is 131 cm³/mol. The van der Waals surface area contributed by atoms with Gasteiger partial charge in [-0.1, -0.05) is 72.3 Å². The Labute approximate surface area is 209 Å². The van der Waals surface area contributed by atoms with E-state index in [0.717, 1.165) is 35.7 Å². The summed E-state index contributed by atoms with van der Waals surface area (Å²) in [5.74, 6) is -0.273. The zero-order valence-electron chi connectivity index (χ0n) is 18.6. The minimum Gasteiger partial charge on any atom is -0.342 e. The molecular weight excluding hydrogens is 495 g/mol. The number of benzene rings is 3. The fraction of sp³-hybridized carbons (Fsp3) is 0.120. The van der Waals surface area contributed by atoms with Gasteiger partial charge in [0.2, 0.25) is 11.6 Å². The van der Waals surface area contributed by atoms with Gasteiger partial charge in [0.05, 0.1) is 21.2 Å². The van der Waals surface area contributed by atoms with Crippen molar-refractivity contribution >= 4 is 34.6 Å². The first-order chi connectivity index (χ1) is 17.2. The molecule has 1 N–H and O–H groups in total. The number of hydrogen-bond donors (Lipinski definition) is 1. The lowest BCUT2D eigenvalue weighted by Crippen LogP contribution is -2.24. The molecule has 0 unspecified atom stereocenters. The summed E-state index contributed by atoms with van der Waals surface area (Å²) in [6.45, 7) is 0.578. The summed E-state index contributed by atoms with van der Waals surface area (Å²) in [6, 6.07) is 21.3. The van der Waals surface area contributed by atoms with Gasteiger partial charge in [0.25, 0.3) is 0 Å². The second-order valence-corrected chi connectivity index (χ2v) is 8.20. The number of hydrogen-bond acceptors (Lipinski definition) is 6. The Morgan fingerprint density at radius 3 is 2.03 bits per heavy atom. The maximum absolute atomic E-state index is 13.2. The maximum Gasteiger partial charge on any atom is 0.416 e. The molecule has 0 aliphatic carbocycles. The van der Waals surface area contributed by atoms with Crippen LogP contribution in [0.25, 0.3) is 0 Å². The van der Waals surface area contributed by atoms with E-state index < -0.39 is 22.4 Å². The molecule has 0 aliphatic rings. The average molecular weight is 514 g/mol. The fourth-order valence-corrected chi connectivity index (χ4v) is 3.76. The van der Waals surface area contributed by atoms with Crippen LogP contribution in [0.1, 0.15) is 16.7 Å². The summed E-state index contributed by atoms with van der Waals surface area (Å²) >= 11 is 6.09. The molecule has 0 fully saturated rings. The quantitative estimate of drug-likeness (QED) is 0.201. The average Bonchev–Trinajstić information content (AvgIpc) is 2.85. The minimum atomic E-state index is -4.62. The first kappa shape index (κ1) is 24.9. The molecule has 7 nitrogen and oxygen atoms in total. The third-order valence-corrected chi connectivity index (χ3v) is 5.59. The highest BCUT2D eigenvalue weighted by atomic mass is 35.5. The van der Waals surface area contributed by atoms with E-state index in [4.69, 9.17) is 11.6 Å². The third-order valence-electron chi connectivity index (χ3n) is 5.26. The molecule has 4 rings (SSSR count). The summed E-state index contributed by atoms with van der Waals surface area (Å²) in [7, 11) is 0. The summed E-state index contributed by atoms with van der Waals surface area (Å²) in [6.07, 6.45) is -3.50. The second-order valence-electron chi connectivity index (χ2n) is 7.80. The molecule has 184 valence electrons. The maximum atomic E-state index is 13.2. The van der Waals surface area contributed by atoms with Gasteiger partial charge in [0.15, 0.2) is 0 Å². The van der Waals surface area contributed by atoms with Crippen molar-refractivity contribution < 1.29 is 18.1 Å². The highest BCUT2D eigenvalue weighted by Gasteiger charge is 2.32. The molecule has 0 bridgehead atoms. The molecule has 0 radical (unpaired) electrons. The van der Waals surface area contributed by atoms with Crippen molar-refractivity contribution in [1.82, 2.24) is 9.97 Å². The Morgan fingerprint density at radius 1 is 0.917 bits per heavy atom. The number of halogens is 4. The molecule has 11 heteroatoms. The van der Waals surface area contributed by atoms with Crippen LogP contribution in [0, 0.1) is 10.1 Å². The van der Waals surface area contributed by atoms with Crippen molar-refractivity contribution in [2.75, 3.05) is 10.2 Å². The van der Waals surface area contributed by atoms with Crippen LogP contribution in [0.4, 0.5) is 36.2 Å². The monoisotopic (exact) mass is 513 g/mol. The van der Waals surface area contributed by atoms with E-state index >= 15 is 0 Å². The Bertz CT molecular complexity index is 1310. The lowest BCUT2D eigenvalue weighted by molar-refractivity contribution is -0.383. The number of alkyl halides is 3. The van der Waals surface area contributed by atoms with Gasteiger partial charge >= 0.3 is 11.9 Å². The highest BCUT2D eigenvalue weighted by Crippen LogP contribution is 2.38. The summed E-state index contributed by atoms with van der Waals surface area (Å²) in [5, 5.41) is 14.8. The van der Waals surface area contributed by atoms with E-state index in [1.807, 2.05) is 60.7 Å². The molecule has 1 heterocycles. The zero-order valence-corrected chi connectivity index (χ0v) is 19.4. The van der Waals surface area contributed by atoms with E-state index in [-0.39, 0.29) is 35.4 Å². The van der Waals surface area contributed by atoms with E-state index in [0.29, 0.717) is 0 Å². The van der Waals surface area contributed by atoms with Gasteiger partial charge < -0.3 is 10.2 Å². The van der Waals surface area contributed by atoms with Crippen LogP contribution < -0.4 is 10.2 Å². The standard InChI is InChI=1S/C25H19ClF3N5O2/c26-20-12-11-19(25(27,28)29)13-21(20)32-23-22(34(35)36)24(31-16-30-23)33(14-17-7-3-1-4-8-17)15-18-9-5-2-6-10-18/h1-13,16H,14-15H2,(H,30,31,32). The number of nitrogens with zero attached hydrogens (tertiary/aromatic N) is 4. The van der Waals surface area contributed by atoms with E-state index in [1.165, 1.54) is 0 Å². The Morgan fingerprint density at radius 2 is 1.50 bits per heavy atom. The Balaban J connectivity index is 1.78. The van der Waals surface area contributed by atoms with Crippen molar-refractivity contribution in [2.45, 2.75) is 19.3 Å². The smallest absolute Gasteiger partial charge is 0.342 e. The number of nitro groups is 1. The normalized spacial score (nSPS) is 11.2. The van der Waals surface area contributed by atoms with Gasteiger partial charge in [0, 0.05) is 13.1 Å². The summed E-state index contributed by atoms with van der Waals surface area (Å²) < 4.78 is 39.7. The van der Waals surface area contributed by atoms with Gasteiger partial charge in [-0.15, -0.1) is 0 Å². The molecule has 36 heavy (non-hydrogen) atoms. The van der Waals surface area contributed by atoms with Gasteiger partial charge in [0.1, 0.15) is 6.33 Å². The topological polar surface area (TPSA) is 84.2 Å². The van der Waals surface area contributed by atoms with Crippen LogP contribution in [-0.2, 0) is 19.3 Å². The summed E-state index contributed by atoms with van der Waals surface area (Å²) in [5.41, 5.74) is 0.157. The molecule has 0 spiro atoms. The molecule has 3 aromatic carbocycles. The fourth-order valence-electron chi connectivity index (χ4n) is 3.60. The van der Waals surface area contributed by atoms with Crippen molar-refractivity contribution in [3.8, 4) is 0 Å². The van der Waals surface area contributed by atoms with Crippen molar-refractivity contribution in [1.29, 1.82) is 0 Å². The van der Waals surface area contributed by atoms with Crippen LogP contribution >= 0.6 is 11.6 Å². The zero-order chi connectivity index (χ0) is 25.7. The lowest BCUT2D eigenvalue weighted by Gasteiger charge is -2.24. The van der Waals surface area contributed by atoms with Crippen LogP contribution in [0.15, 0.2) is 85.2 Å². The molecule has 0 saturated heterocycles. The second kappa shape index (κ2) is 10.6. The summed E-state index contributed by atoms with van der Waals surface area (Å²) in [4.78, 5) is 21.4. The molecular formula is C25H19ClF3N5O2. The highest BCUT2D eigenvalue weighted by molar-refractivity contribution is 6.33. The molecule has 0 atom stereocenters. The van der Waals surface area contributed by atoms with Gasteiger partial charge in [-0.2, -0.15) is 13.2 Å². The van der Waals surface area contributed by atoms with Crippen LogP contribution in [0.3, 0.4) is 0 Å². The van der Waals surface area contributed by atoms with E-state index in [2.05, 4.69) is 15.3 Å². The Hall–Kier alpha value is -4.18. The molecule has 0 saturated carbocycles. The van der Waals surface area contributed by atoms with E-state index in [1.54, 1.807) is 4.90 Å². The largest absolute Gasteiger partial charge is 0.416 e. The third kappa shape index (κ3) is 5.89. The molecule has 4 aromatic rings. The van der Waals surface area contributed by atoms with Crippen molar-refractivity contribution in [2.24, 2.45) is 0 Å². The van der Waals surface area contributed by atoms with Crippen molar-refractivity contribution in [3.63, 3.8) is 0 Å². The van der Waals surface area contributed by atoms with Gasteiger partial charge in [-0.3, -0.25) is 10.1 Å². The van der Waals surface area contributed by atoms with E-state index in [9.17, 15) is 23.3 Å². The number of aromatic nitrogens is 2. The van der Waals surface area contributed by atoms with Gasteiger partial charge in [-0.25, -0.2) is 9.97 Å². The molecule has 0 amide bonds. The Kier molecular flexibility index (Phi) is 7.35. The molecule has 1 aromatic heterocycles. The predicted octanol–water partition coefficient (Wildman–Crippen LogP) is 7.01. The first-order valence-corrected chi connectivity index (χ1v) is 11.1. The van der Waals surface area contributed by atoms with Crippen LogP contribution in [-0.4, -0.2) is 14.9 Å². The SMILES string of the molecule is O=[N+]([O-])c1c(Nc2cc(C(F)(F)F)ccc2Cl)ncnc1N(Cc1ccccc1)Cc1ccccc1. The minimum absolute atomic E-state index is 0.00769.